The van der Waals surface area contributed by atoms with E-state index in [2.05, 4.69) is 17.4 Å². The van der Waals surface area contributed by atoms with Crippen molar-refractivity contribution in [3.05, 3.63) is 17.0 Å². The maximum Gasteiger partial charge on any atom is 0.138 e. The van der Waals surface area contributed by atoms with Gasteiger partial charge >= 0.3 is 0 Å². The average molecular weight is 226 g/mol. The van der Waals surface area contributed by atoms with E-state index >= 15 is 0 Å². The van der Waals surface area contributed by atoms with Gasteiger partial charge < -0.3 is 14.9 Å². The molecule has 0 fully saturated rings. The summed E-state index contributed by atoms with van der Waals surface area (Å²) in [7, 11) is 0. The molecule has 0 aliphatic carbocycles. The molecule has 0 spiro atoms. The van der Waals surface area contributed by atoms with Gasteiger partial charge in [-0.05, 0) is 47.6 Å². The van der Waals surface area contributed by atoms with Crippen LogP contribution in [0.4, 0.5) is 0 Å². The van der Waals surface area contributed by atoms with Gasteiger partial charge in [-0.2, -0.15) is 0 Å². The van der Waals surface area contributed by atoms with Crippen LogP contribution < -0.4 is 5.32 Å². The predicted molar refractivity (Wildman–Crippen MR) is 63.3 cm³/mol. The zero-order chi connectivity index (χ0) is 12.3. The minimum atomic E-state index is -0.620. The number of rotatable bonds is 5. The van der Waals surface area contributed by atoms with Gasteiger partial charge in [0.05, 0.1) is 11.3 Å². The molecule has 0 saturated heterocycles. The van der Waals surface area contributed by atoms with Crippen LogP contribution in [0.5, 0.6) is 0 Å². The van der Waals surface area contributed by atoms with Gasteiger partial charge in [-0.15, -0.1) is 0 Å². The SMILES string of the molecule is Cc1noc(C)c1C(C)NCCC(C)(C)O. The lowest BCUT2D eigenvalue weighted by Gasteiger charge is -2.19. The lowest BCUT2D eigenvalue weighted by atomic mass is 10.0. The molecule has 16 heavy (non-hydrogen) atoms. The fourth-order valence-electron chi connectivity index (χ4n) is 1.80. The van der Waals surface area contributed by atoms with Gasteiger partial charge in [-0.1, -0.05) is 5.16 Å². The molecule has 0 aromatic carbocycles. The molecule has 0 bridgehead atoms. The first-order valence-electron chi connectivity index (χ1n) is 5.70. The van der Waals surface area contributed by atoms with Crippen LogP contribution in [0.15, 0.2) is 4.52 Å². The van der Waals surface area contributed by atoms with Gasteiger partial charge in [-0.3, -0.25) is 0 Å². The van der Waals surface area contributed by atoms with Crippen LogP contribution in [0, 0.1) is 13.8 Å². The summed E-state index contributed by atoms with van der Waals surface area (Å²) in [6, 6.07) is 0.202. The highest BCUT2D eigenvalue weighted by molar-refractivity contribution is 5.24. The Balaban J connectivity index is 2.50. The second kappa shape index (κ2) is 4.97. The molecular weight excluding hydrogens is 204 g/mol. The van der Waals surface area contributed by atoms with Crippen LogP contribution in [0.3, 0.4) is 0 Å². The monoisotopic (exact) mass is 226 g/mol. The zero-order valence-electron chi connectivity index (χ0n) is 10.8. The van der Waals surface area contributed by atoms with E-state index in [-0.39, 0.29) is 6.04 Å². The highest BCUT2D eigenvalue weighted by Gasteiger charge is 2.17. The number of aromatic nitrogens is 1. The number of nitrogens with zero attached hydrogens (tertiary/aromatic N) is 1. The van der Waals surface area contributed by atoms with Crippen molar-refractivity contribution >= 4 is 0 Å². The molecule has 1 aromatic rings. The number of nitrogens with one attached hydrogen (secondary N) is 1. The van der Waals surface area contributed by atoms with Gasteiger partial charge in [0.1, 0.15) is 5.76 Å². The second-order valence-corrected chi connectivity index (χ2v) is 4.98. The Kier molecular flexibility index (Phi) is 4.10. The standard InChI is InChI=1S/C12H22N2O2/c1-8(13-7-6-12(4,5)15)11-9(2)14-16-10(11)3/h8,13,15H,6-7H2,1-5H3. The average Bonchev–Trinajstić information content (AvgIpc) is 2.43. The fourth-order valence-corrected chi connectivity index (χ4v) is 1.80. The number of aryl methyl sites for hydroxylation is 2. The van der Waals surface area contributed by atoms with E-state index in [1.807, 2.05) is 27.7 Å². The van der Waals surface area contributed by atoms with E-state index in [0.717, 1.165) is 30.0 Å². The summed E-state index contributed by atoms with van der Waals surface area (Å²) < 4.78 is 5.12. The predicted octanol–water partition coefficient (Wildman–Crippen LogP) is 2.10. The van der Waals surface area contributed by atoms with E-state index in [1.165, 1.54) is 0 Å². The van der Waals surface area contributed by atoms with Crippen LogP contribution in [0.2, 0.25) is 0 Å². The first-order valence-corrected chi connectivity index (χ1v) is 5.70. The molecule has 0 saturated carbocycles. The van der Waals surface area contributed by atoms with E-state index in [1.54, 1.807) is 0 Å². The first kappa shape index (κ1) is 13.2. The highest BCUT2D eigenvalue weighted by atomic mass is 16.5. The Bertz CT molecular complexity index is 320. The van der Waals surface area contributed by atoms with E-state index in [0.29, 0.717) is 0 Å². The summed E-state index contributed by atoms with van der Waals surface area (Å²) in [6.45, 7) is 10.3. The molecule has 4 heteroatoms. The maximum atomic E-state index is 9.60. The minimum absolute atomic E-state index is 0.202. The van der Waals surface area contributed by atoms with Crippen molar-refractivity contribution in [3.8, 4) is 0 Å². The van der Waals surface area contributed by atoms with Crippen molar-refractivity contribution in [2.24, 2.45) is 0 Å². The fraction of sp³-hybridized carbons (Fsp3) is 0.750. The normalized spacial score (nSPS) is 14.1. The molecule has 1 atom stereocenters. The molecular formula is C12H22N2O2. The van der Waals surface area contributed by atoms with Crippen LogP contribution >= 0.6 is 0 Å². The van der Waals surface area contributed by atoms with Gasteiger partial charge in [0, 0.05) is 11.6 Å². The molecule has 0 aliphatic heterocycles. The minimum Gasteiger partial charge on any atom is -0.390 e. The molecule has 92 valence electrons. The van der Waals surface area contributed by atoms with Gasteiger partial charge in [0.2, 0.25) is 0 Å². The lowest BCUT2D eigenvalue weighted by Crippen LogP contribution is -2.28. The summed E-state index contributed by atoms with van der Waals surface area (Å²) in [6.07, 6.45) is 0.723. The van der Waals surface area contributed by atoms with Crippen LogP contribution in [0.25, 0.3) is 0 Å². The van der Waals surface area contributed by atoms with Gasteiger partial charge in [0.25, 0.3) is 0 Å². The van der Waals surface area contributed by atoms with Crippen molar-refractivity contribution in [1.82, 2.24) is 10.5 Å². The summed E-state index contributed by atoms with van der Waals surface area (Å²) in [4.78, 5) is 0. The molecule has 4 nitrogen and oxygen atoms in total. The van der Waals surface area contributed by atoms with Crippen LogP contribution in [-0.4, -0.2) is 22.4 Å². The summed E-state index contributed by atoms with van der Waals surface area (Å²) in [5, 5.41) is 16.9. The van der Waals surface area contributed by atoms with E-state index in [4.69, 9.17) is 4.52 Å². The van der Waals surface area contributed by atoms with Crippen molar-refractivity contribution in [2.75, 3.05) is 6.54 Å². The molecule has 1 rings (SSSR count). The van der Waals surface area contributed by atoms with Crippen molar-refractivity contribution in [3.63, 3.8) is 0 Å². The van der Waals surface area contributed by atoms with Gasteiger partial charge in [-0.25, -0.2) is 0 Å². The van der Waals surface area contributed by atoms with Crippen LogP contribution in [-0.2, 0) is 0 Å². The Morgan fingerprint density at radius 3 is 2.50 bits per heavy atom. The van der Waals surface area contributed by atoms with Crippen molar-refractivity contribution in [1.29, 1.82) is 0 Å². The quantitative estimate of drug-likeness (QED) is 0.807. The Morgan fingerprint density at radius 2 is 2.06 bits per heavy atom. The highest BCUT2D eigenvalue weighted by Crippen LogP contribution is 2.21. The Morgan fingerprint density at radius 1 is 1.44 bits per heavy atom. The Labute approximate surface area is 97.0 Å². The molecule has 1 aromatic heterocycles. The zero-order valence-corrected chi connectivity index (χ0v) is 10.8. The number of hydrogen-bond donors (Lipinski definition) is 2. The maximum absolute atomic E-state index is 9.60. The largest absolute Gasteiger partial charge is 0.390 e. The molecule has 0 radical (unpaired) electrons. The second-order valence-electron chi connectivity index (χ2n) is 4.98. The van der Waals surface area contributed by atoms with Crippen molar-refractivity contribution in [2.45, 2.75) is 52.7 Å². The van der Waals surface area contributed by atoms with E-state index < -0.39 is 5.60 Å². The number of aliphatic hydroxyl groups is 1. The van der Waals surface area contributed by atoms with Gasteiger partial charge in [0.15, 0.2) is 0 Å². The molecule has 1 unspecified atom stereocenters. The molecule has 1 heterocycles. The topological polar surface area (TPSA) is 58.3 Å². The number of hydrogen-bond acceptors (Lipinski definition) is 4. The third-order valence-corrected chi connectivity index (χ3v) is 2.71. The molecule has 2 N–H and O–H groups in total. The summed E-state index contributed by atoms with van der Waals surface area (Å²) in [5.41, 5.74) is 1.43. The lowest BCUT2D eigenvalue weighted by molar-refractivity contribution is 0.0705. The summed E-state index contributed by atoms with van der Waals surface area (Å²) in [5.74, 6) is 0.862. The summed E-state index contributed by atoms with van der Waals surface area (Å²) >= 11 is 0. The van der Waals surface area contributed by atoms with E-state index in [9.17, 15) is 5.11 Å². The first-order chi connectivity index (χ1) is 7.31. The smallest absolute Gasteiger partial charge is 0.138 e. The van der Waals surface area contributed by atoms with Crippen LogP contribution in [0.1, 0.15) is 50.3 Å². The molecule has 0 aliphatic rings. The molecule has 0 amide bonds. The van der Waals surface area contributed by atoms with Crippen molar-refractivity contribution < 1.29 is 9.63 Å². The third kappa shape index (κ3) is 3.61. The Hall–Kier alpha value is -0.870. The third-order valence-electron chi connectivity index (χ3n) is 2.71.